The highest BCUT2D eigenvalue weighted by molar-refractivity contribution is 5.83. The van der Waals surface area contributed by atoms with Gasteiger partial charge in [0, 0.05) is 48.9 Å². The fourth-order valence-corrected chi connectivity index (χ4v) is 6.17. The van der Waals surface area contributed by atoms with E-state index in [1.807, 2.05) is 35.0 Å². The lowest BCUT2D eigenvalue weighted by Gasteiger charge is -2.40. The number of nitrogens with one attached hydrogen (secondary N) is 1. The van der Waals surface area contributed by atoms with Crippen LogP contribution in [0.1, 0.15) is 55.6 Å². The third-order valence-corrected chi connectivity index (χ3v) is 8.22. The number of aromatic nitrogens is 5. The van der Waals surface area contributed by atoms with E-state index in [4.69, 9.17) is 9.47 Å². The molecule has 4 aromatic rings. The minimum absolute atomic E-state index is 0.167. The maximum atomic E-state index is 13.6. The van der Waals surface area contributed by atoms with E-state index in [1.165, 1.54) is 18.6 Å². The van der Waals surface area contributed by atoms with Gasteiger partial charge < -0.3 is 19.4 Å². The van der Waals surface area contributed by atoms with E-state index in [9.17, 15) is 9.18 Å². The first-order chi connectivity index (χ1) is 19.1. The quantitative estimate of drug-likeness (QED) is 0.415. The van der Waals surface area contributed by atoms with Crippen LogP contribution in [0.15, 0.2) is 47.3 Å². The molecule has 2 aromatic carbocycles. The minimum atomic E-state index is -0.420. The van der Waals surface area contributed by atoms with Crippen molar-refractivity contribution < 1.29 is 13.9 Å². The van der Waals surface area contributed by atoms with Gasteiger partial charge in [0.2, 0.25) is 6.79 Å². The van der Waals surface area contributed by atoms with Gasteiger partial charge in [-0.25, -0.2) is 9.07 Å². The van der Waals surface area contributed by atoms with Gasteiger partial charge in [0.25, 0.3) is 5.56 Å². The molecule has 3 aliphatic rings. The lowest BCUT2D eigenvalue weighted by molar-refractivity contribution is 0.174. The van der Waals surface area contributed by atoms with Crippen LogP contribution in [0, 0.1) is 5.82 Å². The van der Waals surface area contributed by atoms with Crippen molar-refractivity contribution in [3.8, 4) is 11.5 Å². The van der Waals surface area contributed by atoms with Crippen molar-refractivity contribution >= 4 is 16.6 Å². The molecule has 0 amide bonds. The molecule has 1 saturated heterocycles. The summed E-state index contributed by atoms with van der Waals surface area (Å²) in [6.45, 7) is 3.02. The lowest BCUT2D eigenvalue weighted by Crippen LogP contribution is -2.49. The molecule has 2 aliphatic heterocycles. The monoisotopic (exact) mass is 531 g/mol. The van der Waals surface area contributed by atoms with Crippen LogP contribution in [-0.4, -0.2) is 63.1 Å². The van der Waals surface area contributed by atoms with Crippen molar-refractivity contribution in [3.05, 3.63) is 70.0 Å². The number of aromatic amines is 1. The molecule has 0 radical (unpaired) electrons. The molecule has 0 bridgehead atoms. The van der Waals surface area contributed by atoms with Crippen LogP contribution in [0.4, 0.5) is 10.1 Å². The van der Waals surface area contributed by atoms with Crippen molar-refractivity contribution in [1.82, 2.24) is 30.1 Å². The zero-order valence-corrected chi connectivity index (χ0v) is 21.6. The van der Waals surface area contributed by atoms with Crippen molar-refractivity contribution in [1.29, 1.82) is 0 Å². The molecule has 39 heavy (non-hydrogen) atoms. The fraction of sp³-hybridized carbons (Fsp3) is 0.429. The Morgan fingerprint density at radius 3 is 2.46 bits per heavy atom. The van der Waals surface area contributed by atoms with Crippen molar-refractivity contribution in [2.75, 3.05) is 37.9 Å². The number of piperazine rings is 1. The fourth-order valence-electron chi connectivity index (χ4n) is 6.17. The Hall–Kier alpha value is -3.99. The first-order valence-corrected chi connectivity index (χ1v) is 13.6. The molecule has 10 nitrogen and oxygen atoms in total. The number of rotatable bonds is 5. The Labute approximate surface area is 224 Å². The van der Waals surface area contributed by atoms with Gasteiger partial charge in [-0.3, -0.25) is 9.69 Å². The number of benzene rings is 2. The van der Waals surface area contributed by atoms with Crippen LogP contribution in [0.25, 0.3) is 10.9 Å². The standard InChI is InChI=1S/C28H30FN7O3/c29-19-6-8-20(9-7-19)34-10-12-35(13-11-34)26(27-31-32-33-36(27)21-4-2-1-3-5-21)22-14-18-15-24-25(39-17-38-24)16-23(18)30-28(22)37/h6-9,14-16,21,26H,1-5,10-13,17H2,(H,30,37)/t26-/m0/s1. The topological polar surface area (TPSA) is 101 Å². The van der Waals surface area contributed by atoms with Gasteiger partial charge in [0.1, 0.15) is 11.9 Å². The molecular weight excluding hydrogens is 501 g/mol. The van der Waals surface area contributed by atoms with Gasteiger partial charge in [-0.15, -0.1) is 5.10 Å². The number of fused-ring (bicyclic) bond motifs is 2. The average Bonchev–Trinajstić information content (AvgIpc) is 3.63. The van der Waals surface area contributed by atoms with Gasteiger partial charge in [0.15, 0.2) is 17.3 Å². The molecule has 1 N–H and O–H groups in total. The van der Waals surface area contributed by atoms with Gasteiger partial charge in [-0.1, -0.05) is 19.3 Å². The number of hydrogen-bond acceptors (Lipinski definition) is 8. The maximum absolute atomic E-state index is 13.6. The summed E-state index contributed by atoms with van der Waals surface area (Å²) in [5.41, 5.74) is 2.10. The summed E-state index contributed by atoms with van der Waals surface area (Å²) >= 11 is 0. The number of tetrazole rings is 1. The van der Waals surface area contributed by atoms with E-state index in [0.717, 1.165) is 49.8 Å². The summed E-state index contributed by atoms with van der Waals surface area (Å²) < 4.78 is 26.5. The van der Waals surface area contributed by atoms with Crippen molar-refractivity contribution in [2.24, 2.45) is 0 Å². The zero-order chi connectivity index (χ0) is 26.3. The van der Waals surface area contributed by atoms with Crippen molar-refractivity contribution in [2.45, 2.75) is 44.2 Å². The maximum Gasteiger partial charge on any atom is 0.253 e. The SMILES string of the molecule is O=c1[nH]c2cc3c(cc2cc1[C@@H](c1nnnn1C1CCCCC1)N1CCN(c2ccc(F)cc2)CC1)OCO3. The van der Waals surface area contributed by atoms with Gasteiger partial charge in [-0.05, 0) is 59.7 Å². The average molecular weight is 532 g/mol. The van der Waals surface area contributed by atoms with Crippen LogP contribution in [-0.2, 0) is 0 Å². The molecular formula is C28H30FN7O3. The number of anilines is 1. The minimum Gasteiger partial charge on any atom is -0.454 e. The smallest absolute Gasteiger partial charge is 0.253 e. The molecule has 2 aromatic heterocycles. The van der Waals surface area contributed by atoms with E-state index in [1.54, 1.807) is 0 Å². The van der Waals surface area contributed by atoms with Crippen LogP contribution >= 0.6 is 0 Å². The second-order valence-corrected chi connectivity index (χ2v) is 10.5. The van der Waals surface area contributed by atoms with Crippen LogP contribution < -0.4 is 19.9 Å². The number of halogens is 1. The number of pyridine rings is 1. The van der Waals surface area contributed by atoms with Gasteiger partial charge in [-0.2, -0.15) is 0 Å². The predicted molar refractivity (Wildman–Crippen MR) is 143 cm³/mol. The Bertz CT molecular complexity index is 1540. The lowest BCUT2D eigenvalue weighted by atomic mass is 9.95. The second-order valence-electron chi connectivity index (χ2n) is 10.5. The van der Waals surface area contributed by atoms with Gasteiger partial charge in [0.05, 0.1) is 11.6 Å². The highest BCUT2D eigenvalue weighted by Crippen LogP contribution is 2.37. The first-order valence-electron chi connectivity index (χ1n) is 13.6. The second kappa shape index (κ2) is 9.96. The Morgan fingerprint density at radius 1 is 0.949 bits per heavy atom. The van der Waals surface area contributed by atoms with Gasteiger partial charge >= 0.3 is 0 Å². The molecule has 0 unspecified atom stereocenters. The Morgan fingerprint density at radius 2 is 1.69 bits per heavy atom. The summed E-state index contributed by atoms with van der Waals surface area (Å²) in [5, 5.41) is 13.9. The highest BCUT2D eigenvalue weighted by Gasteiger charge is 2.34. The molecule has 1 atom stereocenters. The number of ether oxygens (including phenoxy) is 2. The molecule has 0 spiro atoms. The largest absolute Gasteiger partial charge is 0.454 e. The van der Waals surface area contributed by atoms with E-state index in [2.05, 4.69) is 30.3 Å². The number of H-pyrrole nitrogens is 1. The number of hydrogen-bond donors (Lipinski definition) is 1. The summed E-state index contributed by atoms with van der Waals surface area (Å²) in [7, 11) is 0. The summed E-state index contributed by atoms with van der Waals surface area (Å²) in [5.74, 6) is 1.74. The summed E-state index contributed by atoms with van der Waals surface area (Å²) in [6, 6.07) is 12.1. The zero-order valence-electron chi connectivity index (χ0n) is 21.6. The highest BCUT2D eigenvalue weighted by atomic mass is 19.1. The molecule has 202 valence electrons. The van der Waals surface area contributed by atoms with Crippen LogP contribution in [0.2, 0.25) is 0 Å². The van der Waals surface area contributed by atoms with E-state index >= 15 is 0 Å². The third kappa shape index (κ3) is 4.50. The first kappa shape index (κ1) is 24.1. The summed E-state index contributed by atoms with van der Waals surface area (Å²) in [6.07, 6.45) is 5.58. The molecule has 4 heterocycles. The van der Waals surface area contributed by atoms with E-state index in [-0.39, 0.29) is 24.2 Å². The Balaban J connectivity index is 1.27. The van der Waals surface area contributed by atoms with E-state index < -0.39 is 6.04 Å². The Kier molecular flexibility index (Phi) is 6.15. The van der Waals surface area contributed by atoms with E-state index in [0.29, 0.717) is 41.5 Å². The van der Waals surface area contributed by atoms with Crippen LogP contribution in [0.3, 0.4) is 0 Å². The molecule has 2 fully saturated rings. The molecule has 11 heteroatoms. The number of nitrogens with zero attached hydrogens (tertiary/aromatic N) is 6. The van der Waals surface area contributed by atoms with Crippen molar-refractivity contribution in [3.63, 3.8) is 0 Å². The molecule has 7 rings (SSSR count). The van der Waals surface area contributed by atoms with Crippen LogP contribution in [0.5, 0.6) is 11.5 Å². The third-order valence-electron chi connectivity index (χ3n) is 8.22. The molecule has 1 aliphatic carbocycles. The molecule has 1 saturated carbocycles. The predicted octanol–water partition coefficient (Wildman–Crippen LogP) is 3.80. The summed E-state index contributed by atoms with van der Waals surface area (Å²) in [4.78, 5) is 21.2. The normalized spacial score (nSPS) is 19.1.